The maximum Gasteiger partial charge on any atom is 0.214 e. The van der Waals surface area contributed by atoms with Crippen LogP contribution in [0.15, 0.2) is 30.3 Å². The molecule has 0 atom stereocenters. The van der Waals surface area contributed by atoms with E-state index in [1.165, 1.54) is 5.56 Å². The minimum atomic E-state index is -3.18. The summed E-state index contributed by atoms with van der Waals surface area (Å²) in [7, 11) is -3.18. The minimum Gasteiger partial charge on any atom is -0.291 e. The van der Waals surface area contributed by atoms with E-state index in [0.29, 0.717) is 25.9 Å². The zero-order chi connectivity index (χ0) is 15.6. The van der Waals surface area contributed by atoms with Gasteiger partial charge in [-0.1, -0.05) is 30.3 Å². The Balaban J connectivity index is 1.55. The SMILES string of the molecule is N#CCCCS(=O)(=O)N1CC2(CCN2Cc2ccccc2)C1. The van der Waals surface area contributed by atoms with Gasteiger partial charge in [-0.3, -0.25) is 4.90 Å². The fourth-order valence-electron chi connectivity index (χ4n) is 3.26. The quantitative estimate of drug-likeness (QED) is 0.747. The maximum atomic E-state index is 12.2. The maximum absolute atomic E-state index is 12.2. The first kappa shape index (κ1) is 15.5. The minimum absolute atomic E-state index is 0.0537. The number of likely N-dealkylation sites (tertiary alicyclic amines) is 1. The third-order valence-electron chi connectivity index (χ3n) is 4.76. The highest BCUT2D eigenvalue weighted by Crippen LogP contribution is 2.41. The summed E-state index contributed by atoms with van der Waals surface area (Å²) in [6, 6.07) is 12.3. The predicted molar refractivity (Wildman–Crippen MR) is 84.4 cm³/mol. The van der Waals surface area contributed by atoms with Gasteiger partial charge in [-0.2, -0.15) is 9.57 Å². The molecule has 2 aliphatic heterocycles. The Hall–Kier alpha value is -1.42. The van der Waals surface area contributed by atoms with Gasteiger partial charge >= 0.3 is 0 Å². The summed E-state index contributed by atoms with van der Waals surface area (Å²) in [6.07, 6.45) is 1.80. The van der Waals surface area contributed by atoms with Gasteiger partial charge in [0.05, 0.1) is 17.4 Å². The van der Waals surface area contributed by atoms with Gasteiger partial charge in [0.25, 0.3) is 0 Å². The number of rotatable bonds is 6. The Morgan fingerprint density at radius 2 is 1.95 bits per heavy atom. The van der Waals surface area contributed by atoms with Gasteiger partial charge in [0.2, 0.25) is 10.0 Å². The molecule has 2 heterocycles. The molecule has 2 fully saturated rings. The molecule has 118 valence electrons. The first-order valence-corrected chi connectivity index (χ1v) is 9.30. The molecule has 2 aliphatic rings. The number of benzene rings is 1. The van der Waals surface area contributed by atoms with Crippen molar-refractivity contribution in [2.24, 2.45) is 0 Å². The van der Waals surface area contributed by atoms with Crippen molar-refractivity contribution in [2.75, 3.05) is 25.4 Å². The first-order chi connectivity index (χ1) is 10.6. The largest absolute Gasteiger partial charge is 0.291 e. The molecule has 0 amide bonds. The van der Waals surface area contributed by atoms with Crippen molar-refractivity contribution in [1.82, 2.24) is 9.21 Å². The zero-order valence-corrected chi connectivity index (χ0v) is 13.4. The first-order valence-electron chi connectivity index (χ1n) is 7.70. The molecule has 0 bridgehead atoms. The molecule has 1 aromatic rings. The zero-order valence-electron chi connectivity index (χ0n) is 12.6. The standard InChI is InChI=1S/C16H21N3O2S/c17-9-4-5-11-22(20,21)19-13-16(14-19)8-10-18(16)12-15-6-2-1-3-7-15/h1-3,6-7H,4-5,8,10-14H2. The summed E-state index contributed by atoms with van der Waals surface area (Å²) in [5.41, 5.74) is 1.33. The van der Waals surface area contributed by atoms with Crippen molar-refractivity contribution in [1.29, 1.82) is 5.26 Å². The summed E-state index contributed by atoms with van der Waals surface area (Å²) < 4.78 is 25.9. The molecule has 6 heteroatoms. The Labute approximate surface area is 132 Å². The number of unbranched alkanes of at least 4 members (excludes halogenated alkanes) is 1. The molecule has 0 radical (unpaired) electrons. The van der Waals surface area contributed by atoms with Crippen LogP contribution in [0.5, 0.6) is 0 Å². The highest BCUT2D eigenvalue weighted by Gasteiger charge is 2.55. The smallest absolute Gasteiger partial charge is 0.214 e. The Kier molecular flexibility index (Phi) is 4.22. The van der Waals surface area contributed by atoms with Crippen molar-refractivity contribution in [3.8, 4) is 6.07 Å². The monoisotopic (exact) mass is 319 g/mol. The van der Waals surface area contributed by atoms with Crippen LogP contribution in [0.4, 0.5) is 0 Å². The fourth-order valence-corrected chi connectivity index (χ4v) is 4.91. The van der Waals surface area contributed by atoms with Crippen molar-refractivity contribution in [2.45, 2.75) is 31.3 Å². The second-order valence-electron chi connectivity index (χ2n) is 6.23. The number of nitriles is 1. The average molecular weight is 319 g/mol. The lowest BCUT2D eigenvalue weighted by molar-refractivity contribution is -0.0971. The normalized spacial score (nSPS) is 21.0. The van der Waals surface area contributed by atoms with E-state index in [1.807, 2.05) is 24.3 Å². The molecular weight excluding hydrogens is 298 g/mol. The van der Waals surface area contributed by atoms with Gasteiger partial charge in [0.1, 0.15) is 0 Å². The van der Waals surface area contributed by atoms with E-state index in [9.17, 15) is 8.42 Å². The van der Waals surface area contributed by atoms with E-state index < -0.39 is 10.0 Å². The number of hydrogen-bond donors (Lipinski definition) is 0. The molecule has 22 heavy (non-hydrogen) atoms. The van der Waals surface area contributed by atoms with E-state index in [4.69, 9.17) is 5.26 Å². The molecule has 3 rings (SSSR count). The molecule has 0 unspecified atom stereocenters. The van der Waals surface area contributed by atoms with Crippen molar-refractivity contribution in [3.05, 3.63) is 35.9 Å². The lowest BCUT2D eigenvalue weighted by Crippen LogP contribution is -2.77. The molecule has 1 spiro atoms. The van der Waals surface area contributed by atoms with Crippen molar-refractivity contribution in [3.63, 3.8) is 0 Å². The van der Waals surface area contributed by atoms with Crippen LogP contribution in [-0.4, -0.2) is 48.5 Å². The van der Waals surface area contributed by atoms with E-state index in [-0.39, 0.29) is 11.3 Å². The van der Waals surface area contributed by atoms with Gasteiger partial charge in [-0.15, -0.1) is 0 Å². The highest BCUT2D eigenvalue weighted by molar-refractivity contribution is 7.89. The van der Waals surface area contributed by atoms with Gasteiger partial charge in [0.15, 0.2) is 0 Å². The van der Waals surface area contributed by atoms with Crippen LogP contribution < -0.4 is 0 Å². The number of nitrogens with zero attached hydrogens (tertiary/aromatic N) is 3. The van der Waals surface area contributed by atoms with Crippen LogP contribution in [0.2, 0.25) is 0 Å². The molecule has 0 aromatic heterocycles. The summed E-state index contributed by atoms with van der Waals surface area (Å²) >= 11 is 0. The van der Waals surface area contributed by atoms with Gasteiger partial charge in [-0.05, 0) is 18.4 Å². The van der Waals surface area contributed by atoms with E-state index in [2.05, 4.69) is 17.0 Å². The van der Waals surface area contributed by atoms with Crippen molar-refractivity contribution < 1.29 is 8.42 Å². The number of hydrogen-bond acceptors (Lipinski definition) is 4. The van der Waals surface area contributed by atoms with Crippen LogP contribution >= 0.6 is 0 Å². The van der Waals surface area contributed by atoms with Gasteiger partial charge < -0.3 is 0 Å². The Bertz CT molecular complexity index is 660. The summed E-state index contributed by atoms with van der Waals surface area (Å²) in [5.74, 6) is 0.0926. The second kappa shape index (κ2) is 5.99. The lowest BCUT2D eigenvalue weighted by Gasteiger charge is -2.62. The molecule has 2 saturated heterocycles. The molecule has 0 saturated carbocycles. The molecule has 0 N–H and O–H groups in total. The molecule has 5 nitrogen and oxygen atoms in total. The summed E-state index contributed by atoms with van der Waals surface area (Å²) in [5, 5.41) is 8.51. The fraction of sp³-hybridized carbons (Fsp3) is 0.562. The Morgan fingerprint density at radius 3 is 2.55 bits per heavy atom. The van der Waals surface area contributed by atoms with E-state index in [0.717, 1.165) is 19.5 Å². The van der Waals surface area contributed by atoms with Crippen LogP contribution in [0.1, 0.15) is 24.8 Å². The third kappa shape index (κ3) is 2.89. The molecule has 0 aliphatic carbocycles. The van der Waals surface area contributed by atoms with Gasteiger partial charge in [-0.25, -0.2) is 8.42 Å². The lowest BCUT2D eigenvalue weighted by atomic mass is 9.79. The van der Waals surface area contributed by atoms with Crippen LogP contribution in [0.3, 0.4) is 0 Å². The summed E-state index contributed by atoms with van der Waals surface area (Å²) in [4.78, 5) is 2.39. The van der Waals surface area contributed by atoms with Crippen LogP contribution in [0.25, 0.3) is 0 Å². The Morgan fingerprint density at radius 1 is 1.23 bits per heavy atom. The summed E-state index contributed by atoms with van der Waals surface area (Å²) in [6.45, 7) is 3.14. The van der Waals surface area contributed by atoms with Gasteiger partial charge in [0, 0.05) is 32.6 Å². The third-order valence-corrected chi connectivity index (χ3v) is 6.61. The topological polar surface area (TPSA) is 64.4 Å². The van der Waals surface area contributed by atoms with Crippen LogP contribution in [-0.2, 0) is 16.6 Å². The van der Waals surface area contributed by atoms with Crippen molar-refractivity contribution >= 4 is 10.0 Å². The average Bonchev–Trinajstić information content (AvgIpc) is 2.43. The molecular formula is C16H21N3O2S. The highest BCUT2D eigenvalue weighted by atomic mass is 32.2. The van der Waals surface area contributed by atoms with E-state index in [1.54, 1.807) is 4.31 Å². The van der Waals surface area contributed by atoms with Crippen LogP contribution in [0, 0.1) is 11.3 Å². The second-order valence-corrected chi connectivity index (χ2v) is 8.32. The molecule has 1 aromatic carbocycles. The van der Waals surface area contributed by atoms with E-state index >= 15 is 0 Å². The number of sulfonamides is 1. The predicted octanol–water partition coefficient (Wildman–Crippen LogP) is 1.58.